The van der Waals surface area contributed by atoms with E-state index in [2.05, 4.69) is 20.3 Å². The van der Waals surface area contributed by atoms with Gasteiger partial charge >= 0.3 is 0 Å². The molecule has 1 aromatic heterocycles. The topological polar surface area (TPSA) is 62.5 Å². The predicted octanol–water partition coefficient (Wildman–Crippen LogP) is 4.53. The number of aryl methyl sites for hydroxylation is 2. The molecule has 0 unspecified atom stereocenters. The van der Waals surface area contributed by atoms with Crippen molar-refractivity contribution in [2.75, 3.05) is 25.0 Å². The molecule has 8 heteroatoms. The quantitative estimate of drug-likeness (QED) is 0.587. The number of nitrogens with one attached hydrogen (secondary N) is 1. The maximum Gasteiger partial charge on any atom is 0.274 e. The number of likely N-dealkylation sites (tertiary alicyclic amines) is 1. The van der Waals surface area contributed by atoms with Crippen molar-refractivity contribution in [3.63, 3.8) is 0 Å². The molecule has 0 bridgehead atoms. The minimum Gasteiger partial charge on any atom is -0.321 e. The molecule has 2 aliphatic heterocycles. The first-order valence-corrected chi connectivity index (χ1v) is 12.1. The van der Waals surface area contributed by atoms with Crippen LogP contribution in [-0.2, 0) is 24.8 Å². The molecule has 3 aromatic rings. The number of hydrogen-bond acceptors (Lipinski definition) is 4. The van der Waals surface area contributed by atoms with Crippen LogP contribution in [0.2, 0.25) is 0 Å². The van der Waals surface area contributed by atoms with Crippen LogP contribution in [0.3, 0.4) is 0 Å². The van der Waals surface area contributed by atoms with E-state index in [1.807, 2.05) is 24.3 Å². The highest BCUT2D eigenvalue weighted by molar-refractivity contribution is 6.49. The Morgan fingerprint density at radius 2 is 1.91 bits per heavy atom. The van der Waals surface area contributed by atoms with Gasteiger partial charge < -0.3 is 5.32 Å². The number of alkyl halides is 1. The average Bonchev–Trinajstić information content (AvgIpc) is 3.17. The summed E-state index contributed by atoms with van der Waals surface area (Å²) in [6.45, 7) is 2.81. The number of piperidine rings is 1. The lowest BCUT2D eigenvalue weighted by atomic mass is 9.95. The molecule has 5 rings (SSSR count). The summed E-state index contributed by atoms with van der Waals surface area (Å²) in [4.78, 5) is 20.1. The number of halogens is 2. The molecule has 6 nitrogen and oxygen atoms in total. The van der Waals surface area contributed by atoms with Gasteiger partial charge in [-0.25, -0.2) is 8.78 Å². The number of carbonyl (C=O) groups is 1. The molecule has 2 aromatic carbocycles. The van der Waals surface area contributed by atoms with E-state index in [9.17, 15) is 13.6 Å². The number of rotatable bonds is 5. The molecule has 0 aliphatic carbocycles. The van der Waals surface area contributed by atoms with Gasteiger partial charge in [0.15, 0.2) is 0 Å². The minimum atomic E-state index is -0.683. The zero-order valence-electron chi connectivity index (χ0n) is 19.8. The molecule has 0 spiro atoms. The third kappa shape index (κ3) is 5.32. The van der Waals surface area contributed by atoms with Crippen LogP contribution in [0.25, 0.3) is 11.1 Å². The van der Waals surface area contributed by atoms with Gasteiger partial charge in [-0.15, -0.1) is 0 Å². The fourth-order valence-electron chi connectivity index (χ4n) is 4.76. The Morgan fingerprint density at radius 1 is 1.14 bits per heavy atom. The van der Waals surface area contributed by atoms with Crippen molar-refractivity contribution < 1.29 is 13.6 Å². The number of carbonyl (C=O) groups excluding carboxylic acids is 1. The van der Waals surface area contributed by atoms with Gasteiger partial charge in [-0.3, -0.25) is 19.4 Å². The van der Waals surface area contributed by atoms with E-state index < -0.39 is 6.17 Å². The van der Waals surface area contributed by atoms with Crippen molar-refractivity contribution in [1.82, 2.24) is 14.7 Å². The standard InChI is InChI=1S/C27H29F2N5O/c1-33-17-20(15-31-33)23-14-24-19(13-25(23)29)3-2-10-30-26(24)27(35)32-22-6-4-18(5-7-22)16-34-11-8-21(28)9-12-34/h4-7,13-15,17,21H,2-3,8-12,16H2,1H3,(H,32,35). The van der Waals surface area contributed by atoms with Gasteiger partial charge in [0, 0.05) is 61.8 Å². The van der Waals surface area contributed by atoms with Crippen LogP contribution in [0.5, 0.6) is 0 Å². The fourth-order valence-corrected chi connectivity index (χ4v) is 4.76. The Labute approximate surface area is 203 Å². The molecule has 182 valence electrons. The van der Waals surface area contributed by atoms with Gasteiger partial charge in [0.2, 0.25) is 0 Å². The fraction of sp³-hybridized carbons (Fsp3) is 0.370. The normalized spacial score (nSPS) is 16.9. The van der Waals surface area contributed by atoms with Crippen molar-refractivity contribution >= 4 is 17.3 Å². The van der Waals surface area contributed by atoms with Gasteiger partial charge in [-0.1, -0.05) is 12.1 Å². The zero-order valence-corrected chi connectivity index (χ0v) is 19.8. The smallest absolute Gasteiger partial charge is 0.274 e. The van der Waals surface area contributed by atoms with Gasteiger partial charge in [-0.05, 0) is 61.1 Å². The molecule has 1 N–H and O–H groups in total. The van der Waals surface area contributed by atoms with E-state index in [1.165, 1.54) is 6.07 Å². The van der Waals surface area contributed by atoms with E-state index >= 15 is 0 Å². The van der Waals surface area contributed by atoms with Crippen LogP contribution in [-0.4, -0.2) is 52.1 Å². The second-order valence-corrected chi connectivity index (χ2v) is 9.33. The second kappa shape index (κ2) is 10.1. The summed E-state index contributed by atoms with van der Waals surface area (Å²) in [5.74, 6) is -0.639. The highest BCUT2D eigenvalue weighted by atomic mass is 19.1. The number of nitrogens with zero attached hydrogens (tertiary/aromatic N) is 4. The molecule has 1 amide bonds. The van der Waals surface area contributed by atoms with Gasteiger partial charge in [0.25, 0.3) is 5.91 Å². The predicted molar refractivity (Wildman–Crippen MR) is 133 cm³/mol. The molecule has 0 radical (unpaired) electrons. The van der Waals surface area contributed by atoms with Gasteiger partial charge in [-0.2, -0.15) is 5.10 Å². The number of fused-ring (bicyclic) bond motifs is 1. The number of aliphatic imine (C=N–C) groups is 1. The molecular weight excluding hydrogens is 448 g/mol. The van der Waals surface area contributed by atoms with E-state index in [0.29, 0.717) is 53.9 Å². The number of aromatic nitrogens is 2. The lowest BCUT2D eigenvalue weighted by Crippen LogP contribution is -2.33. The number of hydrogen-bond donors (Lipinski definition) is 1. The molecular formula is C27H29F2N5O. The van der Waals surface area contributed by atoms with Crippen LogP contribution < -0.4 is 5.32 Å². The van der Waals surface area contributed by atoms with Crippen molar-refractivity contribution in [1.29, 1.82) is 0 Å². The zero-order chi connectivity index (χ0) is 24.4. The highest BCUT2D eigenvalue weighted by Gasteiger charge is 2.23. The average molecular weight is 478 g/mol. The van der Waals surface area contributed by atoms with Crippen molar-refractivity contribution in [2.45, 2.75) is 38.4 Å². The summed E-state index contributed by atoms with van der Waals surface area (Å²) >= 11 is 0. The van der Waals surface area contributed by atoms with E-state index in [4.69, 9.17) is 0 Å². The van der Waals surface area contributed by atoms with E-state index in [0.717, 1.165) is 37.2 Å². The molecule has 0 atom stereocenters. The largest absolute Gasteiger partial charge is 0.321 e. The third-order valence-electron chi connectivity index (χ3n) is 6.69. The Balaban J connectivity index is 1.33. The third-order valence-corrected chi connectivity index (χ3v) is 6.69. The van der Waals surface area contributed by atoms with Crippen LogP contribution >= 0.6 is 0 Å². The maximum atomic E-state index is 14.9. The SMILES string of the molecule is Cn1cc(-c2cc3c(cc2F)CCCN=C3C(=O)Nc2ccc(CN3CCC(F)CC3)cc2)cn1. The van der Waals surface area contributed by atoms with Crippen molar-refractivity contribution in [3.05, 3.63) is 71.3 Å². The summed E-state index contributed by atoms with van der Waals surface area (Å²) < 4.78 is 29.9. The monoisotopic (exact) mass is 477 g/mol. The Kier molecular flexibility index (Phi) is 6.72. The van der Waals surface area contributed by atoms with Crippen LogP contribution in [0, 0.1) is 5.82 Å². The number of anilines is 1. The van der Waals surface area contributed by atoms with Crippen LogP contribution in [0.15, 0.2) is 53.8 Å². The van der Waals surface area contributed by atoms with E-state index in [-0.39, 0.29) is 11.7 Å². The first-order valence-electron chi connectivity index (χ1n) is 12.1. The molecule has 0 saturated carbocycles. The number of amides is 1. The lowest BCUT2D eigenvalue weighted by Gasteiger charge is -2.28. The Hall–Kier alpha value is -3.39. The van der Waals surface area contributed by atoms with Gasteiger partial charge in [0.1, 0.15) is 17.7 Å². The summed E-state index contributed by atoms with van der Waals surface area (Å²) in [6.07, 6.45) is 5.27. The summed E-state index contributed by atoms with van der Waals surface area (Å²) in [5, 5.41) is 7.09. The first kappa shape index (κ1) is 23.4. The summed E-state index contributed by atoms with van der Waals surface area (Å²) in [6, 6.07) is 10.9. The molecule has 3 heterocycles. The summed E-state index contributed by atoms with van der Waals surface area (Å²) in [7, 11) is 1.78. The molecule has 2 aliphatic rings. The minimum absolute atomic E-state index is 0.310. The second-order valence-electron chi connectivity index (χ2n) is 9.33. The molecule has 1 saturated heterocycles. The molecule has 35 heavy (non-hydrogen) atoms. The summed E-state index contributed by atoms with van der Waals surface area (Å²) in [5.41, 5.74) is 4.62. The Bertz CT molecular complexity index is 1240. The van der Waals surface area contributed by atoms with Gasteiger partial charge in [0.05, 0.1) is 6.20 Å². The van der Waals surface area contributed by atoms with Crippen LogP contribution in [0.1, 0.15) is 36.0 Å². The Morgan fingerprint density at radius 3 is 2.63 bits per heavy atom. The van der Waals surface area contributed by atoms with Crippen molar-refractivity contribution in [3.8, 4) is 11.1 Å². The maximum absolute atomic E-state index is 14.9. The van der Waals surface area contributed by atoms with Crippen molar-refractivity contribution in [2.24, 2.45) is 12.0 Å². The van der Waals surface area contributed by atoms with E-state index in [1.54, 1.807) is 30.2 Å². The molecule has 1 fully saturated rings. The highest BCUT2D eigenvalue weighted by Crippen LogP contribution is 2.28. The lowest BCUT2D eigenvalue weighted by molar-refractivity contribution is -0.110. The first-order chi connectivity index (χ1) is 17.0. The number of benzene rings is 2. The van der Waals surface area contributed by atoms with Crippen LogP contribution in [0.4, 0.5) is 14.5 Å².